The van der Waals surface area contributed by atoms with E-state index in [1.807, 2.05) is 42.4 Å². The minimum absolute atomic E-state index is 0.0229. The first-order valence-corrected chi connectivity index (χ1v) is 10.1. The molecule has 152 valence electrons. The second kappa shape index (κ2) is 7.42. The van der Waals surface area contributed by atoms with Gasteiger partial charge in [-0.05, 0) is 25.8 Å². The van der Waals surface area contributed by atoms with Crippen molar-refractivity contribution >= 4 is 5.91 Å². The van der Waals surface area contributed by atoms with Gasteiger partial charge in [0.05, 0.1) is 6.04 Å². The van der Waals surface area contributed by atoms with Crippen LogP contribution in [0.4, 0.5) is 0 Å². The first-order chi connectivity index (χ1) is 14.6. The van der Waals surface area contributed by atoms with Crippen LogP contribution in [0.15, 0.2) is 65.5 Å². The van der Waals surface area contributed by atoms with Crippen molar-refractivity contribution in [2.24, 2.45) is 0 Å². The molecule has 0 saturated carbocycles. The fourth-order valence-corrected chi connectivity index (χ4v) is 3.87. The average molecular weight is 401 g/mol. The molecule has 2 aliphatic rings. The molecule has 3 heterocycles. The monoisotopic (exact) mass is 401 g/mol. The number of amides is 1. The fourth-order valence-electron chi connectivity index (χ4n) is 3.87. The Balaban J connectivity index is 1.28. The lowest BCUT2D eigenvalue weighted by Crippen LogP contribution is -2.47. The van der Waals surface area contributed by atoms with Crippen LogP contribution in [-0.4, -0.2) is 32.0 Å². The van der Waals surface area contributed by atoms with Crippen molar-refractivity contribution in [3.63, 3.8) is 0 Å². The van der Waals surface area contributed by atoms with Crippen LogP contribution in [0.2, 0.25) is 0 Å². The summed E-state index contributed by atoms with van der Waals surface area (Å²) in [5.74, 6) is 0.967. The molecule has 30 heavy (non-hydrogen) atoms. The van der Waals surface area contributed by atoms with Gasteiger partial charge in [-0.2, -0.15) is 4.98 Å². The van der Waals surface area contributed by atoms with Crippen LogP contribution in [0.5, 0.6) is 0 Å². The van der Waals surface area contributed by atoms with E-state index in [0.29, 0.717) is 18.1 Å². The first-order valence-electron chi connectivity index (χ1n) is 10.1. The van der Waals surface area contributed by atoms with E-state index in [9.17, 15) is 4.79 Å². The number of carbonyl (C=O) groups excluding carboxylic acids is 1. The minimum atomic E-state index is -0.249. The molecule has 1 N–H and O–H groups in total. The molecular formula is C23H23N5O2. The second-order valence-corrected chi connectivity index (χ2v) is 7.89. The largest absolute Gasteiger partial charge is 0.337 e. The number of nitrogens with zero attached hydrogens (tertiary/aromatic N) is 4. The molecule has 1 saturated heterocycles. The van der Waals surface area contributed by atoms with Crippen LogP contribution >= 0.6 is 0 Å². The van der Waals surface area contributed by atoms with Crippen molar-refractivity contribution in [1.29, 1.82) is 0 Å². The van der Waals surface area contributed by atoms with E-state index >= 15 is 0 Å². The number of hydrogen-bond donors (Lipinski definition) is 1. The van der Waals surface area contributed by atoms with Gasteiger partial charge in [0, 0.05) is 18.0 Å². The van der Waals surface area contributed by atoms with Gasteiger partial charge in [0.15, 0.2) is 0 Å². The maximum Gasteiger partial charge on any atom is 0.251 e. The maximum absolute atomic E-state index is 13.1. The summed E-state index contributed by atoms with van der Waals surface area (Å²) in [6.07, 6.45) is 4.37. The number of fused-ring (bicyclic) bond motifs is 1. The number of aryl methyl sites for hydroxylation is 2. The van der Waals surface area contributed by atoms with E-state index in [0.717, 1.165) is 5.56 Å². The molecule has 2 atom stereocenters. The van der Waals surface area contributed by atoms with Crippen LogP contribution in [0, 0.1) is 13.8 Å². The molecule has 7 nitrogen and oxygen atoms in total. The number of aromatic nitrogens is 2. The van der Waals surface area contributed by atoms with Crippen LogP contribution in [-0.2, 0) is 11.3 Å². The summed E-state index contributed by atoms with van der Waals surface area (Å²) in [7, 11) is 0. The molecule has 0 spiro atoms. The number of hydrazine groups is 1. The Morgan fingerprint density at radius 2 is 1.73 bits per heavy atom. The predicted molar refractivity (Wildman–Crippen MR) is 111 cm³/mol. The molecule has 2 aliphatic heterocycles. The lowest BCUT2D eigenvalue weighted by atomic mass is 10.00. The fraction of sp³-hybridized carbons (Fsp3) is 0.261. The Morgan fingerprint density at radius 3 is 2.47 bits per heavy atom. The molecule has 0 aliphatic carbocycles. The van der Waals surface area contributed by atoms with E-state index in [2.05, 4.69) is 46.8 Å². The third-order valence-electron chi connectivity index (χ3n) is 5.64. The molecule has 3 aromatic rings. The van der Waals surface area contributed by atoms with Gasteiger partial charge < -0.3 is 14.4 Å². The Hall–Kier alpha value is -3.45. The Morgan fingerprint density at radius 1 is 1.03 bits per heavy atom. The zero-order valence-corrected chi connectivity index (χ0v) is 16.9. The molecule has 1 aromatic heterocycles. The zero-order valence-electron chi connectivity index (χ0n) is 16.9. The summed E-state index contributed by atoms with van der Waals surface area (Å²) >= 11 is 0. The van der Waals surface area contributed by atoms with Crippen LogP contribution in [0.25, 0.3) is 11.4 Å². The summed E-state index contributed by atoms with van der Waals surface area (Å²) < 4.78 is 5.40. The van der Waals surface area contributed by atoms with Gasteiger partial charge >= 0.3 is 0 Å². The van der Waals surface area contributed by atoms with Crippen molar-refractivity contribution in [3.05, 3.63) is 83.5 Å². The lowest BCUT2D eigenvalue weighted by Gasteiger charge is -2.30. The summed E-state index contributed by atoms with van der Waals surface area (Å²) in [4.78, 5) is 19.2. The number of rotatable bonds is 4. The van der Waals surface area contributed by atoms with Gasteiger partial charge in [0.25, 0.3) is 5.91 Å². The van der Waals surface area contributed by atoms with E-state index in [1.165, 1.54) is 16.7 Å². The van der Waals surface area contributed by atoms with Gasteiger partial charge in [0.1, 0.15) is 12.6 Å². The quantitative estimate of drug-likeness (QED) is 0.721. The van der Waals surface area contributed by atoms with Crippen molar-refractivity contribution in [2.45, 2.75) is 38.9 Å². The van der Waals surface area contributed by atoms with Gasteiger partial charge in [-0.25, -0.2) is 5.43 Å². The molecule has 1 amide bonds. The molecule has 5 rings (SSSR count). The normalized spacial score (nSPS) is 20.7. The molecule has 2 aromatic carbocycles. The smallest absolute Gasteiger partial charge is 0.251 e. The van der Waals surface area contributed by atoms with E-state index < -0.39 is 0 Å². The van der Waals surface area contributed by atoms with Gasteiger partial charge in [-0.1, -0.05) is 64.8 Å². The molecule has 2 unspecified atom stereocenters. The molecule has 1 fully saturated rings. The van der Waals surface area contributed by atoms with Crippen molar-refractivity contribution in [1.82, 2.24) is 25.5 Å². The summed E-state index contributed by atoms with van der Waals surface area (Å²) in [6, 6.07) is 16.2. The summed E-state index contributed by atoms with van der Waals surface area (Å²) in [5, 5.41) is 5.96. The van der Waals surface area contributed by atoms with Crippen LogP contribution < -0.4 is 5.43 Å². The first kappa shape index (κ1) is 18.6. The van der Waals surface area contributed by atoms with E-state index in [-0.39, 0.29) is 24.5 Å². The second-order valence-electron chi connectivity index (χ2n) is 7.89. The average Bonchev–Trinajstić information content (AvgIpc) is 3.39. The third-order valence-corrected chi connectivity index (χ3v) is 5.64. The van der Waals surface area contributed by atoms with Crippen molar-refractivity contribution < 1.29 is 9.32 Å². The zero-order chi connectivity index (χ0) is 20.7. The number of benzene rings is 2. The van der Waals surface area contributed by atoms with Crippen LogP contribution in [0.3, 0.4) is 0 Å². The molecule has 0 radical (unpaired) electrons. The van der Waals surface area contributed by atoms with Gasteiger partial charge in [-0.3, -0.25) is 4.79 Å². The maximum atomic E-state index is 13.1. The number of hydrogen-bond acceptors (Lipinski definition) is 6. The Kier molecular flexibility index (Phi) is 4.59. The highest BCUT2D eigenvalue weighted by Crippen LogP contribution is 2.31. The topological polar surface area (TPSA) is 74.5 Å². The van der Waals surface area contributed by atoms with Gasteiger partial charge in [-0.15, -0.1) is 0 Å². The Labute approximate surface area is 175 Å². The molecule has 7 heteroatoms. The van der Waals surface area contributed by atoms with Gasteiger partial charge in [0.2, 0.25) is 11.7 Å². The minimum Gasteiger partial charge on any atom is -0.337 e. The highest BCUT2D eigenvalue weighted by molar-refractivity contribution is 5.84. The highest BCUT2D eigenvalue weighted by Gasteiger charge is 2.40. The van der Waals surface area contributed by atoms with E-state index in [1.54, 1.807) is 11.1 Å². The lowest BCUT2D eigenvalue weighted by molar-refractivity contribution is -0.135. The summed E-state index contributed by atoms with van der Waals surface area (Å²) in [5.41, 5.74) is 7.89. The highest BCUT2D eigenvalue weighted by atomic mass is 16.5. The number of carbonyl (C=O) groups is 1. The summed E-state index contributed by atoms with van der Waals surface area (Å²) in [6.45, 7) is 4.36. The molecular weight excluding hydrogens is 378 g/mol. The Bertz CT molecular complexity index is 1090. The molecule has 0 bridgehead atoms. The SMILES string of the molecule is Cc1ccc(-c2noc(CN3C=CN4NC(c5ccc(C)cc5)CC4C3=O)n2)cc1. The van der Waals surface area contributed by atoms with Crippen LogP contribution in [0.1, 0.15) is 35.0 Å². The third kappa shape index (κ3) is 3.48. The van der Waals surface area contributed by atoms with E-state index in [4.69, 9.17) is 4.52 Å². The predicted octanol–water partition coefficient (Wildman–Crippen LogP) is 3.49. The van der Waals surface area contributed by atoms with Crippen molar-refractivity contribution in [2.75, 3.05) is 0 Å². The van der Waals surface area contributed by atoms with Crippen molar-refractivity contribution in [3.8, 4) is 11.4 Å². The standard InChI is InChI=1S/C23H23N5O2/c1-15-3-7-17(8-4-15)19-13-20-23(29)27(11-12-28(20)25-19)14-21-24-22(26-30-21)18-9-5-16(2)6-10-18/h3-12,19-20,25H,13-14H2,1-2H3. The number of nitrogens with one attached hydrogen (secondary N) is 1.